The van der Waals surface area contributed by atoms with E-state index >= 15 is 0 Å². The summed E-state index contributed by atoms with van der Waals surface area (Å²) in [6.45, 7) is 3.03. The molecule has 0 unspecified atom stereocenters. The van der Waals surface area contributed by atoms with E-state index in [4.69, 9.17) is 23.2 Å². The number of rotatable bonds is 1. The smallest absolute Gasteiger partial charge is 0.219 e. The fourth-order valence-corrected chi connectivity index (χ4v) is 2.22. The lowest BCUT2D eigenvalue weighted by Crippen LogP contribution is -2.33. The van der Waals surface area contributed by atoms with Crippen molar-refractivity contribution in [3.63, 3.8) is 0 Å². The quantitative estimate of drug-likeness (QED) is 0.763. The van der Waals surface area contributed by atoms with Gasteiger partial charge in [-0.3, -0.25) is 4.79 Å². The highest BCUT2D eigenvalue weighted by atomic mass is 35.5. The third kappa shape index (κ3) is 2.82. The molecule has 2 nitrogen and oxygen atoms in total. The molecule has 1 heterocycles. The van der Waals surface area contributed by atoms with Crippen molar-refractivity contribution in [3.8, 4) is 0 Å². The molecule has 1 aliphatic rings. The first kappa shape index (κ1) is 12.5. The summed E-state index contributed by atoms with van der Waals surface area (Å²) in [4.78, 5) is 13.2. The molecule has 0 radical (unpaired) electrons. The first-order chi connectivity index (χ1) is 8.08. The van der Waals surface area contributed by atoms with E-state index in [1.807, 2.05) is 17.0 Å². The lowest BCUT2D eigenvalue weighted by molar-refractivity contribution is -0.128. The molecule has 4 heteroatoms. The summed E-state index contributed by atoms with van der Waals surface area (Å²) in [6, 6.07) is 5.57. The Kier molecular flexibility index (Phi) is 3.75. The van der Waals surface area contributed by atoms with Gasteiger partial charge in [0.25, 0.3) is 0 Å². The van der Waals surface area contributed by atoms with E-state index in [1.54, 1.807) is 13.0 Å². The minimum absolute atomic E-state index is 0.107. The fourth-order valence-electron chi connectivity index (χ4n) is 1.92. The van der Waals surface area contributed by atoms with Gasteiger partial charge in [0.05, 0.1) is 10.0 Å². The number of hydrogen-bond acceptors (Lipinski definition) is 1. The van der Waals surface area contributed by atoms with E-state index in [2.05, 4.69) is 6.08 Å². The summed E-state index contributed by atoms with van der Waals surface area (Å²) >= 11 is 11.9. The molecule has 1 aromatic carbocycles. The second kappa shape index (κ2) is 5.11. The van der Waals surface area contributed by atoms with Crippen LogP contribution in [0.2, 0.25) is 10.0 Å². The van der Waals surface area contributed by atoms with Gasteiger partial charge in [-0.25, -0.2) is 0 Å². The highest BCUT2D eigenvalue weighted by Gasteiger charge is 2.16. The minimum Gasteiger partial charge on any atom is -0.338 e. The summed E-state index contributed by atoms with van der Waals surface area (Å²) < 4.78 is 0. The van der Waals surface area contributed by atoms with Crippen LogP contribution in [-0.2, 0) is 4.79 Å². The zero-order valence-corrected chi connectivity index (χ0v) is 11.1. The van der Waals surface area contributed by atoms with Crippen LogP contribution < -0.4 is 0 Å². The molecule has 0 aromatic heterocycles. The maximum Gasteiger partial charge on any atom is 0.219 e. The standard InChI is InChI=1S/C13H13Cl2NO/c1-9(17)16-6-2-3-11(8-16)10-4-5-12(14)13(15)7-10/h3-5,7H,2,6,8H2,1H3. The third-order valence-corrected chi connectivity index (χ3v) is 3.63. The Morgan fingerprint density at radius 1 is 1.29 bits per heavy atom. The Bertz CT molecular complexity index is 482. The second-order valence-electron chi connectivity index (χ2n) is 4.09. The van der Waals surface area contributed by atoms with Gasteiger partial charge in [0.1, 0.15) is 0 Å². The number of nitrogens with zero attached hydrogens (tertiary/aromatic N) is 1. The van der Waals surface area contributed by atoms with E-state index in [9.17, 15) is 4.79 Å². The van der Waals surface area contributed by atoms with E-state index in [0.717, 1.165) is 24.1 Å². The molecule has 0 fully saturated rings. The van der Waals surface area contributed by atoms with Crippen molar-refractivity contribution in [2.24, 2.45) is 0 Å². The SMILES string of the molecule is CC(=O)N1CCC=C(c2ccc(Cl)c(Cl)c2)C1. The van der Waals surface area contributed by atoms with Gasteiger partial charge in [0.15, 0.2) is 0 Å². The average Bonchev–Trinajstić information content (AvgIpc) is 2.33. The maximum absolute atomic E-state index is 11.3. The maximum atomic E-state index is 11.3. The lowest BCUT2D eigenvalue weighted by Gasteiger charge is -2.26. The number of hydrogen-bond donors (Lipinski definition) is 0. The Morgan fingerprint density at radius 2 is 2.06 bits per heavy atom. The van der Waals surface area contributed by atoms with Crippen LogP contribution in [0.5, 0.6) is 0 Å². The van der Waals surface area contributed by atoms with Crippen LogP contribution in [0.1, 0.15) is 18.9 Å². The predicted molar refractivity (Wildman–Crippen MR) is 71.3 cm³/mol. The largest absolute Gasteiger partial charge is 0.338 e. The number of carbonyl (C=O) groups excluding carboxylic acids is 1. The predicted octanol–water partition coefficient (Wildman–Crippen LogP) is 3.63. The van der Waals surface area contributed by atoms with Gasteiger partial charge < -0.3 is 4.90 Å². The lowest BCUT2D eigenvalue weighted by atomic mass is 10.0. The first-order valence-electron chi connectivity index (χ1n) is 5.48. The second-order valence-corrected chi connectivity index (χ2v) is 4.90. The highest BCUT2D eigenvalue weighted by Crippen LogP contribution is 2.28. The number of halogens is 2. The van der Waals surface area contributed by atoms with Crippen LogP contribution >= 0.6 is 23.2 Å². The summed E-state index contributed by atoms with van der Waals surface area (Å²) in [5, 5.41) is 1.10. The molecule has 0 saturated carbocycles. The normalized spacial score (nSPS) is 15.7. The van der Waals surface area contributed by atoms with Crippen molar-refractivity contribution in [2.45, 2.75) is 13.3 Å². The Balaban J connectivity index is 2.25. The molecule has 0 bridgehead atoms. The van der Waals surface area contributed by atoms with Gasteiger partial charge >= 0.3 is 0 Å². The number of carbonyl (C=O) groups is 1. The molecule has 0 atom stereocenters. The molecule has 0 saturated heterocycles. The van der Waals surface area contributed by atoms with Gasteiger partial charge in [0.2, 0.25) is 5.91 Å². The molecule has 90 valence electrons. The van der Waals surface area contributed by atoms with E-state index < -0.39 is 0 Å². The molecular formula is C13H13Cl2NO. The van der Waals surface area contributed by atoms with Crippen molar-refractivity contribution in [1.82, 2.24) is 4.90 Å². The van der Waals surface area contributed by atoms with Crippen molar-refractivity contribution in [1.29, 1.82) is 0 Å². The molecule has 1 amide bonds. The van der Waals surface area contributed by atoms with Crippen LogP contribution in [0.25, 0.3) is 5.57 Å². The van der Waals surface area contributed by atoms with Gasteiger partial charge in [-0.05, 0) is 29.7 Å². The monoisotopic (exact) mass is 269 g/mol. The summed E-state index contributed by atoms with van der Waals surface area (Å²) in [5.74, 6) is 0.107. The van der Waals surface area contributed by atoms with Gasteiger partial charge in [-0.1, -0.05) is 35.3 Å². The van der Waals surface area contributed by atoms with Crippen molar-refractivity contribution < 1.29 is 4.79 Å². The molecule has 0 N–H and O–H groups in total. The van der Waals surface area contributed by atoms with Crippen LogP contribution in [-0.4, -0.2) is 23.9 Å². The molecule has 1 aromatic rings. The first-order valence-corrected chi connectivity index (χ1v) is 6.23. The summed E-state index contributed by atoms with van der Waals surface area (Å²) in [5.41, 5.74) is 2.16. The zero-order chi connectivity index (χ0) is 12.4. The topological polar surface area (TPSA) is 20.3 Å². The molecule has 0 spiro atoms. The third-order valence-electron chi connectivity index (χ3n) is 2.89. The zero-order valence-electron chi connectivity index (χ0n) is 9.54. The van der Waals surface area contributed by atoms with Crippen LogP contribution in [0.3, 0.4) is 0 Å². The minimum atomic E-state index is 0.107. The van der Waals surface area contributed by atoms with E-state index in [-0.39, 0.29) is 5.91 Å². The van der Waals surface area contributed by atoms with Gasteiger partial charge in [0, 0.05) is 20.0 Å². The molecule has 1 aliphatic heterocycles. The number of benzene rings is 1. The van der Waals surface area contributed by atoms with Gasteiger partial charge in [-0.2, -0.15) is 0 Å². The summed E-state index contributed by atoms with van der Waals surface area (Å²) in [6.07, 6.45) is 3.04. The molecule has 2 rings (SSSR count). The van der Waals surface area contributed by atoms with Crippen LogP contribution in [0, 0.1) is 0 Å². The molecular weight excluding hydrogens is 257 g/mol. The highest BCUT2D eigenvalue weighted by molar-refractivity contribution is 6.42. The van der Waals surface area contributed by atoms with Gasteiger partial charge in [-0.15, -0.1) is 0 Å². The van der Waals surface area contributed by atoms with Crippen molar-refractivity contribution in [3.05, 3.63) is 39.9 Å². The average molecular weight is 270 g/mol. The fraction of sp³-hybridized carbons (Fsp3) is 0.308. The Hall–Kier alpha value is -0.990. The van der Waals surface area contributed by atoms with E-state index in [0.29, 0.717) is 16.6 Å². The van der Waals surface area contributed by atoms with Crippen molar-refractivity contribution >= 4 is 34.7 Å². The number of amides is 1. The molecule has 17 heavy (non-hydrogen) atoms. The molecule has 0 aliphatic carbocycles. The van der Waals surface area contributed by atoms with Crippen LogP contribution in [0.15, 0.2) is 24.3 Å². The Morgan fingerprint density at radius 3 is 2.71 bits per heavy atom. The Labute approximate surface area is 111 Å². The van der Waals surface area contributed by atoms with E-state index in [1.165, 1.54) is 0 Å². The van der Waals surface area contributed by atoms with Crippen molar-refractivity contribution in [2.75, 3.05) is 13.1 Å². The summed E-state index contributed by atoms with van der Waals surface area (Å²) in [7, 11) is 0. The van der Waals surface area contributed by atoms with Crippen LogP contribution in [0.4, 0.5) is 0 Å².